The van der Waals surface area contributed by atoms with Gasteiger partial charge in [-0.2, -0.15) is 0 Å². The number of ether oxygens (including phenoxy) is 1. The van der Waals surface area contributed by atoms with Crippen LogP contribution in [0.4, 0.5) is 5.82 Å². The smallest absolute Gasteiger partial charge is 0.128 e. The van der Waals surface area contributed by atoms with Crippen molar-refractivity contribution in [1.29, 1.82) is 0 Å². The maximum atomic E-state index is 5.98. The van der Waals surface area contributed by atoms with Crippen LogP contribution in [-0.2, 0) is 11.3 Å². The van der Waals surface area contributed by atoms with Crippen molar-refractivity contribution in [3.63, 3.8) is 0 Å². The highest BCUT2D eigenvalue weighted by molar-refractivity contribution is 5.40. The zero-order valence-electron chi connectivity index (χ0n) is 14.0. The molecule has 0 amide bonds. The number of hydrogen-bond donors (Lipinski definition) is 0. The van der Waals surface area contributed by atoms with Crippen molar-refractivity contribution >= 4 is 5.82 Å². The minimum Gasteiger partial charge on any atom is -0.379 e. The molecule has 2 aromatic rings. The highest BCUT2D eigenvalue weighted by Crippen LogP contribution is 2.35. The van der Waals surface area contributed by atoms with Gasteiger partial charge >= 0.3 is 0 Å². The quantitative estimate of drug-likeness (QED) is 0.866. The number of aromatic nitrogens is 2. The van der Waals surface area contributed by atoms with Crippen LogP contribution in [-0.4, -0.2) is 54.3 Å². The molecule has 1 atom stereocenters. The zero-order valence-corrected chi connectivity index (χ0v) is 14.0. The normalized spacial score (nSPS) is 25.1. The molecule has 2 fully saturated rings. The van der Waals surface area contributed by atoms with Crippen molar-refractivity contribution in [3.05, 3.63) is 54.5 Å². The predicted octanol–water partition coefficient (Wildman–Crippen LogP) is 2.21. The number of hydrogen-bond acceptors (Lipinski definition) is 5. The summed E-state index contributed by atoms with van der Waals surface area (Å²) in [4.78, 5) is 13.9. The van der Waals surface area contributed by atoms with Crippen molar-refractivity contribution in [2.24, 2.45) is 5.41 Å². The van der Waals surface area contributed by atoms with Gasteiger partial charge < -0.3 is 9.64 Å². The lowest BCUT2D eigenvalue weighted by molar-refractivity contribution is 0.0798. The van der Waals surface area contributed by atoms with E-state index in [1.165, 1.54) is 0 Å². The molecule has 126 valence electrons. The summed E-state index contributed by atoms with van der Waals surface area (Å²) in [7, 11) is 0. The topological polar surface area (TPSA) is 41.5 Å². The molecule has 0 saturated carbocycles. The van der Waals surface area contributed by atoms with Crippen molar-refractivity contribution in [2.75, 3.05) is 44.3 Å². The van der Waals surface area contributed by atoms with Gasteiger partial charge in [0.15, 0.2) is 0 Å². The number of pyridine rings is 2. The summed E-state index contributed by atoms with van der Waals surface area (Å²) in [5, 5.41) is 0. The van der Waals surface area contributed by atoms with Gasteiger partial charge in [-0.15, -0.1) is 0 Å². The molecule has 2 aromatic heterocycles. The fourth-order valence-corrected chi connectivity index (χ4v) is 3.86. The molecule has 0 aliphatic carbocycles. The van der Waals surface area contributed by atoms with Crippen LogP contribution in [0, 0.1) is 5.41 Å². The van der Waals surface area contributed by atoms with Crippen molar-refractivity contribution in [3.8, 4) is 0 Å². The van der Waals surface area contributed by atoms with Crippen LogP contribution in [0.5, 0.6) is 0 Å². The Balaban J connectivity index is 1.46. The second-order valence-corrected chi connectivity index (χ2v) is 6.94. The van der Waals surface area contributed by atoms with E-state index in [9.17, 15) is 0 Å². The SMILES string of the molecule is c1ccc(CN2CCOCC3(CCN(c4ccccn4)C3)C2)nc1. The van der Waals surface area contributed by atoms with E-state index in [0.717, 1.165) is 63.9 Å². The lowest BCUT2D eigenvalue weighted by atomic mass is 9.87. The molecule has 0 radical (unpaired) electrons. The van der Waals surface area contributed by atoms with Gasteiger partial charge in [0.05, 0.1) is 18.9 Å². The Morgan fingerprint density at radius 2 is 1.88 bits per heavy atom. The summed E-state index contributed by atoms with van der Waals surface area (Å²) < 4.78 is 5.98. The maximum absolute atomic E-state index is 5.98. The first kappa shape index (κ1) is 15.5. The summed E-state index contributed by atoms with van der Waals surface area (Å²) in [6.07, 6.45) is 4.90. The molecule has 24 heavy (non-hydrogen) atoms. The Kier molecular flexibility index (Phi) is 4.45. The molecule has 5 nitrogen and oxygen atoms in total. The van der Waals surface area contributed by atoms with Gasteiger partial charge in [0.25, 0.3) is 0 Å². The third-order valence-electron chi connectivity index (χ3n) is 5.04. The Morgan fingerprint density at radius 3 is 2.67 bits per heavy atom. The first-order valence-corrected chi connectivity index (χ1v) is 8.69. The largest absolute Gasteiger partial charge is 0.379 e. The van der Waals surface area contributed by atoms with E-state index in [1.54, 1.807) is 0 Å². The van der Waals surface area contributed by atoms with Crippen LogP contribution >= 0.6 is 0 Å². The Morgan fingerprint density at radius 1 is 1.00 bits per heavy atom. The maximum Gasteiger partial charge on any atom is 0.128 e. The van der Waals surface area contributed by atoms with Crippen LogP contribution in [0.25, 0.3) is 0 Å². The average Bonchev–Trinajstić information content (AvgIpc) is 2.94. The third kappa shape index (κ3) is 3.42. The second-order valence-electron chi connectivity index (χ2n) is 6.94. The van der Waals surface area contributed by atoms with Crippen LogP contribution in [0.15, 0.2) is 48.8 Å². The zero-order chi connectivity index (χ0) is 16.2. The molecule has 1 unspecified atom stereocenters. The molecule has 5 heteroatoms. The molecule has 1 spiro atoms. The van der Waals surface area contributed by atoms with Crippen LogP contribution in [0.3, 0.4) is 0 Å². The van der Waals surface area contributed by atoms with E-state index in [-0.39, 0.29) is 5.41 Å². The van der Waals surface area contributed by atoms with Crippen molar-refractivity contribution in [1.82, 2.24) is 14.9 Å². The first-order chi connectivity index (χ1) is 11.8. The van der Waals surface area contributed by atoms with E-state index >= 15 is 0 Å². The van der Waals surface area contributed by atoms with E-state index in [4.69, 9.17) is 4.74 Å². The number of anilines is 1. The molecule has 2 aliphatic rings. The van der Waals surface area contributed by atoms with Gasteiger partial charge in [0.2, 0.25) is 0 Å². The van der Waals surface area contributed by atoms with E-state index in [1.807, 2.05) is 24.5 Å². The molecule has 0 bridgehead atoms. The number of rotatable bonds is 3. The minimum atomic E-state index is 0.197. The second kappa shape index (κ2) is 6.87. The van der Waals surface area contributed by atoms with Gasteiger partial charge in [0, 0.05) is 50.5 Å². The fraction of sp³-hybridized carbons (Fsp3) is 0.474. The summed E-state index contributed by atoms with van der Waals surface area (Å²) in [5.74, 6) is 1.08. The van der Waals surface area contributed by atoms with Crippen molar-refractivity contribution < 1.29 is 4.74 Å². The summed E-state index contributed by atoms with van der Waals surface area (Å²) in [5.41, 5.74) is 1.33. The van der Waals surface area contributed by atoms with Crippen LogP contribution in [0.2, 0.25) is 0 Å². The third-order valence-corrected chi connectivity index (χ3v) is 5.04. The van der Waals surface area contributed by atoms with Crippen LogP contribution < -0.4 is 4.90 Å². The van der Waals surface area contributed by atoms with Crippen molar-refractivity contribution in [2.45, 2.75) is 13.0 Å². The lowest BCUT2D eigenvalue weighted by Crippen LogP contribution is -2.40. The Hall–Kier alpha value is -1.98. The van der Waals surface area contributed by atoms with E-state index < -0.39 is 0 Å². The minimum absolute atomic E-state index is 0.197. The van der Waals surface area contributed by atoms with E-state index in [2.05, 4.69) is 44.0 Å². The summed E-state index contributed by atoms with van der Waals surface area (Å²) in [6.45, 7) is 6.65. The summed E-state index contributed by atoms with van der Waals surface area (Å²) in [6, 6.07) is 12.3. The van der Waals surface area contributed by atoms with Gasteiger partial charge in [0.1, 0.15) is 5.82 Å². The molecular weight excluding hydrogens is 300 g/mol. The molecule has 2 saturated heterocycles. The molecule has 0 N–H and O–H groups in total. The molecule has 4 rings (SSSR count). The number of nitrogens with zero attached hydrogens (tertiary/aromatic N) is 4. The highest BCUT2D eigenvalue weighted by Gasteiger charge is 2.41. The van der Waals surface area contributed by atoms with Gasteiger partial charge in [-0.05, 0) is 30.7 Å². The molecule has 2 aliphatic heterocycles. The van der Waals surface area contributed by atoms with Gasteiger partial charge in [-0.1, -0.05) is 12.1 Å². The standard InChI is InChI=1S/C19H24N4O/c1-3-8-20-17(5-1)13-22-11-12-24-16-19(14-22)7-10-23(15-19)18-6-2-4-9-21-18/h1-6,8-9H,7,10-16H2. The predicted molar refractivity (Wildman–Crippen MR) is 93.8 cm³/mol. The van der Waals surface area contributed by atoms with Gasteiger partial charge in [-0.3, -0.25) is 9.88 Å². The Labute approximate surface area is 143 Å². The monoisotopic (exact) mass is 324 g/mol. The van der Waals surface area contributed by atoms with Crippen LogP contribution in [0.1, 0.15) is 12.1 Å². The molecule has 0 aromatic carbocycles. The molecular formula is C19H24N4O. The lowest BCUT2D eigenvalue weighted by Gasteiger charge is -2.31. The highest BCUT2D eigenvalue weighted by atomic mass is 16.5. The average molecular weight is 324 g/mol. The fourth-order valence-electron chi connectivity index (χ4n) is 3.86. The molecule has 4 heterocycles. The first-order valence-electron chi connectivity index (χ1n) is 8.69. The summed E-state index contributed by atoms with van der Waals surface area (Å²) >= 11 is 0. The van der Waals surface area contributed by atoms with Gasteiger partial charge in [-0.25, -0.2) is 4.98 Å². The Bertz CT molecular complexity index is 651. The van der Waals surface area contributed by atoms with E-state index in [0.29, 0.717) is 0 Å².